The molecule has 0 amide bonds. The lowest BCUT2D eigenvalue weighted by Crippen LogP contribution is -2.30. The van der Waals surface area contributed by atoms with Crippen molar-refractivity contribution in [1.29, 1.82) is 0 Å². The van der Waals surface area contributed by atoms with Gasteiger partial charge in [-0.25, -0.2) is 4.98 Å². The van der Waals surface area contributed by atoms with Crippen molar-refractivity contribution in [2.24, 2.45) is 0 Å². The summed E-state index contributed by atoms with van der Waals surface area (Å²) in [5, 5.41) is 13.1. The van der Waals surface area contributed by atoms with Gasteiger partial charge < -0.3 is 20.6 Å². The Morgan fingerprint density at radius 1 is 1.00 bits per heavy atom. The molecule has 0 bridgehead atoms. The van der Waals surface area contributed by atoms with E-state index in [2.05, 4.69) is 37.3 Å². The smallest absolute Gasteiger partial charge is 0.263 e. The van der Waals surface area contributed by atoms with Crippen LogP contribution in [0.2, 0.25) is 0 Å². The Balaban J connectivity index is 1.11. The average molecular weight is 408 g/mol. The number of anilines is 3. The Labute approximate surface area is 176 Å². The van der Waals surface area contributed by atoms with Crippen molar-refractivity contribution in [1.82, 2.24) is 20.6 Å². The molecule has 8 nitrogen and oxygen atoms in total. The number of nitrogens with zero attached hydrogens (tertiary/aromatic N) is 4. The Hall–Kier alpha value is -3.03. The van der Waals surface area contributed by atoms with E-state index in [0.717, 1.165) is 36.7 Å². The number of rotatable bonds is 6. The number of nitrogens with one attached hydrogen (secondary N) is 3. The molecule has 0 spiro atoms. The molecule has 8 heteroatoms. The summed E-state index contributed by atoms with van der Waals surface area (Å²) in [5.74, 6) is 2.79. The van der Waals surface area contributed by atoms with E-state index >= 15 is 0 Å². The van der Waals surface area contributed by atoms with Crippen molar-refractivity contribution in [3.63, 3.8) is 0 Å². The highest BCUT2D eigenvalue weighted by atomic mass is 16.5. The van der Waals surface area contributed by atoms with Crippen LogP contribution in [0.1, 0.15) is 63.2 Å². The van der Waals surface area contributed by atoms with Crippen LogP contribution < -0.4 is 21.1 Å². The number of allylic oxidation sites excluding steroid dienone is 2. The lowest BCUT2D eigenvalue weighted by molar-refractivity contribution is 0.314. The third kappa shape index (κ3) is 4.42. The minimum atomic E-state index is 0.355. The maximum absolute atomic E-state index is 5.53. The molecule has 2 aliphatic carbocycles. The normalized spacial score (nSPS) is 24.1. The summed E-state index contributed by atoms with van der Waals surface area (Å²) >= 11 is 0. The first-order valence-electron chi connectivity index (χ1n) is 11.0. The lowest BCUT2D eigenvalue weighted by Gasteiger charge is -2.22. The third-order valence-electron chi connectivity index (χ3n) is 6.20. The summed E-state index contributed by atoms with van der Waals surface area (Å²) in [4.78, 5) is 9.19. The predicted molar refractivity (Wildman–Crippen MR) is 117 cm³/mol. The second-order valence-corrected chi connectivity index (χ2v) is 8.39. The summed E-state index contributed by atoms with van der Waals surface area (Å²) in [5.41, 5.74) is 4.16. The number of hydrazine groups is 1. The maximum atomic E-state index is 5.53. The van der Waals surface area contributed by atoms with E-state index < -0.39 is 0 Å². The van der Waals surface area contributed by atoms with Crippen LogP contribution in [0.3, 0.4) is 0 Å². The number of hydrogen-bond donors (Lipinski definition) is 3. The Morgan fingerprint density at radius 2 is 1.87 bits per heavy atom. The molecule has 2 aromatic heterocycles. The van der Waals surface area contributed by atoms with Gasteiger partial charge in [-0.15, -0.1) is 0 Å². The van der Waals surface area contributed by atoms with Gasteiger partial charge in [0.05, 0.1) is 11.9 Å². The van der Waals surface area contributed by atoms with Crippen LogP contribution in [0, 0.1) is 0 Å². The molecule has 2 fully saturated rings. The molecule has 2 aromatic rings. The van der Waals surface area contributed by atoms with E-state index in [1.807, 2.05) is 41.8 Å². The van der Waals surface area contributed by atoms with Gasteiger partial charge >= 0.3 is 0 Å². The minimum absolute atomic E-state index is 0.355. The molecule has 0 saturated heterocycles. The Kier molecular flexibility index (Phi) is 5.54. The fraction of sp³-hybridized carbons (Fsp3) is 0.500. The first-order chi connectivity index (χ1) is 14.8. The fourth-order valence-electron chi connectivity index (χ4n) is 4.58. The standard InChI is InChI=1S/C22H29N7O/c1-2-6-16(7-3-1)21-27-22(28-30-21)26-18-9-8-17(14-18)25-20-11-10-19(15-23-20)29-13-5-4-12-24-29/h4-5,10-13,15-18,24H,1-3,6-9,14H2,(H,23,25)(H,26,28)/t17-,18-/m0/s1. The van der Waals surface area contributed by atoms with Crippen LogP contribution in [-0.2, 0) is 0 Å². The molecular weight excluding hydrogens is 378 g/mol. The van der Waals surface area contributed by atoms with Crippen LogP contribution in [0.4, 0.5) is 17.5 Å². The molecule has 158 valence electrons. The van der Waals surface area contributed by atoms with Crippen molar-refractivity contribution < 1.29 is 4.52 Å². The van der Waals surface area contributed by atoms with Gasteiger partial charge in [0.15, 0.2) is 0 Å². The lowest BCUT2D eigenvalue weighted by atomic mass is 9.89. The second-order valence-electron chi connectivity index (χ2n) is 8.39. The van der Waals surface area contributed by atoms with Gasteiger partial charge in [0.2, 0.25) is 5.89 Å². The van der Waals surface area contributed by atoms with E-state index in [1.54, 1.807) is 0 Å². The Morgan fingerprint density at radius 3 is 2.63 bits per heavy atom. The monoisotopic (exact) mass is 407 g/mol. The van der Waals surface area contributed by atoms with Gasteiger partial charge in [-0.1, -0.05) is 19.3 Å². The summed E-state index contributed by atoms with van der Waals surface area (Å²) in [6, 6.07) is 4.83. The first kappa shape index (κ1) is 19.0. The van der Waals surface area contributed by atoms with E-state index in [9.17, 15) is 0 Å². The molecule has 3 aliphatic rings. The summed E-state index contributed by atoms with van der Waals surface area (Å²) < 4.78 is 5.53. The molecule has 2 saturated carbocycles. The molecule has 5 rings (SSSR count). The number of pyridine rings is 1. The second kappa shape index (κ2) is 8.77. The van der Waals surface area contributed by atoms with Crippen LogP contribution in [0.5, 0.6) is 0 Å². The zero-order valence-electron chi connectivity index (χ0n) is 17.1. The van der Waals surface area contributed by atoms with Crippen LogP contribution in [0.25, 0.3) is 0 Å². The summed E-state index contributed by atoms with van der Waals surface area (Å²) in [6.45, 7) is 0. The van der Waals surface area contributed by atoms with Gasteiger partial charge in [0.25, 0.3) is 5.95 Å². The highest BCUT2D eigenvalue weighted by Crippen LogP contribution is 2.32. The average Bonchev–Trinajstić information content (AvgIpc) is 3.45. The molecule has 2 atom stereocenters. The van der Waals surface area contributed by atoms with Gasteiger partial charge in [-0.05, 0) is 61.5 Å². The minimum Gasteiger partial charge on any atom is -0.367 e. The molecule has 0 unspecified atom stereocenters. The Bertz CT molecular complexity index is 885. The molecule has 0 aromatic carbocycles. The van der Waals surface area contributed by atoms with E-state index in [4.69, 9.17) is 4.52 Å². The van der Waals surface area contributed by atoms with Gasteiger partial charge in [-0.3, -0.25) is 5.01 Å². The maximum Gasteiger partial charge on any atom is 0.263 e. The van der Waals surface area contributed by atoms with Crippen molar-refractivity contribution in [2.75, 3.05) is 15.6 Å². The SMILES string of the molecule is C1=CNN(c2ccc(N[C@H]3CC[C@H](Nc4noc(C5CCCCC5)n4)C3)nc2)C=C1. The van der Waals surface area contributed by atoms with E-state index in [1.165, 1.54) is 32.1 Å². The van der Waals surface area contributed by atoms with Crippen LogP contribution in [0.15, 0.2) is 47.4 Å². The fourth-order valence-corrected chi connectivity index (χ4v) is 4.58. The van der Waals surface area contributed by atoms with Gasteiger partial charge in [0.1, 0.15) is 5.82 Å². The topological polar surface area (TPSA) is 91.1 Å². The molecule has 30 heavy (non-hydrogen) atoms. The zero-order chi connectivity index (χ0) is 20.2. The largest absolute Gasteiger partial charge is 0.367 e. The van der Waals surface area contributed by atoms with Crippen molar-refractivity contribution >= 4 is 17.5 Å². The van der Waals surface area contributed by atoms with Crippen LogP contribution in [-0.4, -0.2) is 27.2 Å². The number of hydrogen-bond acceptors (Lipinski definition) is 8. The molecule has 0 radical (unpaired) electrons. The van der Waals surface area contributed by atoms with Crippen molar-refractivity contribution in [3.05, 3.63) is 48.8 Å². The third-order valence-corrected chi connectivity index (χ3v) is 6.20. The van der Waals surface area contributed by atoms with Gasteiger partial charge in [0, 0.05) is 30.4 Å². The van der Waals surface area contributed by atoms with E-state index in [-0.39, 0.29) is 0 Å². The van der Waals surface area contributed by atoms with Crippen molar-refractivity contribution in [2.45, 2.75) is 69.4 Å². The van der Waals surface area contributed by atoms with Gasteiger partial charge in [-0.2, -0.15) is 4.98 Å². The first-order valence-corrected chi connectivity index (χ1v) is 11.0. The zero-order valence-corrected chi connectivity index (χ0v) is 17.1. The van der Waals surface area contributed by atoms with Crippen molar-refractivity contribution in [3.8, 4) is 0 Å². The predicted octanol–water partition coefficient (Wildman–Crippen LogP) is 4.31. The molecule has 1 aliphatic heterocycles. The molecule has 3 heterocycles. The molecule has 3 N–H and O–H groups in total. The quantitative estimate of drug-likeness (QED) is 0.653. The highest BCUT2D eigenvalue weighted by Gasteiger charge is 2.27. The number of aromatic nitrogens is 3. The summed E-state index contributed by atoms with van der Waals surface area (Å²) in [6.07, 6.45) is 19.1. The highest BCUT2D eigenvalue weighted by molar-refractivity contribution is 5.52. The summed E-state index contributed by atoms with van der Waals surface area (Å²) in [7, 11) is 0. The van der Waals surface area contributed by atoms with Crippen LogP contribution >= 0.6 is 0 Å². The van der Waals surface area contributed by atoms with E-state index in [0.29, 0.717) is 23.9 Å². The molecular formula is C22H29N7O.